The van der Waals surface area contributed by atoms with E-state index in [0.717, 1.165) is 0 Å². The van der Waals surface area contributed by atoms with Crippen molar-refractivity contribution >= 4 is 8.41 Å². The van der Waals surface area contributed by atoms with Gasteiger partial charge in [-0.15, -0.1) is 0 Å². The number of hydrogen-bond donors (Lipinski definition) is 0. The zero-order chi connectivity index (χ0) is 10.3. The van der Waals surface area contributed by atoms with Gasteiger partial charge in [0, 0.05) is 8.41 Å². The molecule has 0 saturated heterocycles. The van der Waals surface area contributed by atoms with Gasteiger partial charge in [-0.05, 0) is 25.7 Å². The van der Waals surface area contributed by atoms with E-state index in [1.54, 1.807) is 11.1 Å². The summed E-state index contributed by atoms with van der Waals surface area (Å²) in [6.45, 7) is 17.5. The maximum Gasteiger partial charge on any atom is 0 e. The van der Waals surface area contributed by atoms with E-state index < -0.39 is 0 Å². The Morgan fingerprint density at radius 1 is 0.692 bits per heavy atom. The lowest BCUT2D eigenvalue weighted by molar-refractivity contribution is 0.691. The van der Waals surface area contributed by atoms with Crippen LogP contribution >= 0.6 is 0 Å². The van der Waals surface area contributed by atoms with Gasteiger partial charge in [-0.1, -0.05) is 52.7 Å². The minimum Gasteiger partial charge on any atom is -0.0716 e. The third kappa shape index (κ3) is 8.14. The van der Waals surface area contributed by atoms with Crippen LogP contribution < -0.4 is 0 Å². The summed E-state index contributed by atoms with van der Waals surface area (Å²) in [5, 5.41) is 0. The predicted octanol–water partition coefficient (Wildman–Crippen LogP) is 4.28. The molecule has 13 heavy (non-hydrogen) atoms. The van der Waals surface area contributed by atoms with Gasteiger partial charge in [0.2, 0.25) is 0 Å². The van der Waals surface area contributed by atoms with Crippen molar-refractivity contribution in [3.05, 3.63) is 11.1 Å². The highest BCUT2D eigenvalue weighted by atomic mass is 14.1. The van der Waals surface area contributed by atoms with Crippen LogP contribution in [-0.2, 0) is 0 Å². The lowest BCUT2D eigenvalue weighted by Gasteiger charge is -2.13. The number of allylic oxidation sites excluding steroid dienone is 2. The quantitative estimate of drug-likeness (QED) is 0.440. The van der Waals surface area contributed by atoms with Gasteiger partial charge in [-0.2, -0.15) is 0 Å². The SMILES string of the molecule is C/C(=C(\C)C(C)C)C(C)C.CC.[B]. The molecule has 0 aromatic rings. The largest absolute Gasteiger partial charge is 0.0716 e. The first kappa shape index (κ1) is 18.6. The monoisotopic (exact) mass is 181 g/mol. The fourth-order valence-corrected chi connectivity index (χ4v) is 0.911. The van der Waals surface area contributed by atoms with Crippen molar-refractivity contribution in [3.8, 4) is 0 Å². The molecule has 0 fully saturated rings. The molecule has 77 valence electrons. The Labute approximate surface area is 87.4 Å². The second-order valence-corrected chi connectivity index (χ2v) is 3.68. The predicted molar refractivity (Wildman–Crippen MR) is 65.2 cm³/mol. The van der Waals surface area contributed by atoms with Crippen molar-refractivity contribution in [2.75, 3.05) is 0 Å². The first-order valence-corrected chi connectivity index (χ1v) is 5.14. The van der Waals surface area contributed by atoms with E-state index in [4.69, 9.17) is 0 Å². The third-order valence-corrected chi connectivity index (χ3v) is 2.35. The summed E-state index contributed by atoms with van der Waals surface area (Å²) < 4.78 is 0. The van der Waals surface area contributed by atoms with E-state index in [1.165, 1.54) is 0 Å². The minimum absolute atomic E-state index is 0. The Morgan fingerprint density at radius 3 is 0.923 bits per heavy atom. The highest BCUT2D eigenvalue weighted by Crippen LogP contribution is 2.19. The molecular formula is C12H26B. The molecule has 0 unspecified atom stereocenters. The van der Waals surface area contributed by atoms with Crippen LogP contribution in [0.1, 0.15) is 55.4 Å². The number of rotatable bonds is 2. The molecule has 0 aliphatic heterocycles. The van der Waals surface area contributed by atoms with E-state index >= 15 is 0 Å². The molecule has 3 radical (unpaired) electrons. The fourth-order valence-electron chi connectivity index (χ4n) is 0.911. The highest BCUT2D eigenvalue weighted by molar-refractivity contribution is 5.75. The molecule has 0 aromatic heterocycles. The lowest BCUT2D eigenvalue weighted by Crippen LogP contribution is -1.98. The van der Waals surface area contributed by atoms with Crippen LogP contribution in [0.4, 0.5) is 0 Å². The van der Waals surface area contributed by atoms with Gasteiger partial charge >= 0.3 is 0 Å². The van der Waals surface area contributed by atoms with Crippen LogP contribution in [0.15, 0.2) is 11.1 Å². The molecule has 0 rings (SSSR count). The van der Waals surface area contributed by atoms with Crippen molar-refractivity contribution in [1.82, 2.24) is 0 Å². The molecule has 0 amide bonds. The Hall–Kier alpha value is -0.195. The van der Waals surface area contributed by atoms with Gasteiger partial charge in [-0.3, -0.25) is 0 Å². The molecule has 0 N–H and O–H groups in total. The van der Waals surface area contributed by atoms with Crippen molar-refractivity contribution in [2.45, 2.75) is 55.4 Å². The summed E-state index contributed by atoms with van der Waals surface area (Å²) in [6.07, 6.45) is 0. The zero-order valence-electron chi connectivity index (χ0n) is 10.7. The van der Waals surface area contributed by atoms with Gasteiger partial charge in [-0.25, -0.2) is 0 Å². The first-order valence-electron chi connectivity index (χ1n) is 5.14. The summed E-state index contributed by atoms with van der Waals surface area (Å²) in [5.41, 5.74) is 3.10. The Morgan fingerprint density at radius 2 is 0.846 bits per heavy atom. The van der Waals surface area contributed by atoms with E-state index in [9.17, 15) is 0 Å². The molecule has 0 spiro atoms. The van der Waals surface area contributed by atoms with Crippen molar-refractivity contribution in [1.29, 1.82) is 0 Å². The second-order valence-electron chi connectivity index (χ2n) is 3.68. The average molecular weight is 181 g/mol. The van der Waals surface area contributed by atoms with Gasteiger partial charge in [0.05, 0.1) is 0 Å². The highest BCUT2D eigenvalue weighted by Gasteiger charge is 2.03. The van der Waals surface area contributed by atoms with Crippen LogP contribution in [0.2, 0.25) is 0 Å². The summed E-state index contributed by atoms with van der Waals surface area (Å²) >= 11 is 0. The normalized spacial score (nSPS) is 11.5. The molecule has 1 heteroatoms. The van der Waals surface area contributed by atoms with Crippen LogP contribution in [0.25, 0.3) is 0 Å². The number of hydrogen-bond acceptors (Lipinski definition) is 0. The van der Waals surface area contributed by atoms with Crippen molar-refractivity contribution in [3.63, 3.8) is 0 Å². The average Bonchev–Trinajstić information content (AvgIpc) is 2.05. The van der Waals surface area contributed by atoms with Crippen LogP contribution in [-0.4, -0.2) is 8.41 Å². The maximum absolute atomic E-state index is 2.25. The summed E-state index contributed by atoms with van der Waals surface area (Å²) in [7, 11) is 0. The van der Waals surface area contributed by atoms with Gasteiger partial charge in [0.15, 0.2) is 0 Å². The Kier molecular flexibility index (Phi) is 14.1. The van der Waals surface area contributed by atoms with Crippen LogP contribution in [0.3, 0.4) is 0 Å². The molecular weight excluding hydrogens is 155 g/mol. The van der Waals surface area contributed by atoms with Crippen molar-refractivity contribution < 1.29 is 0 Å². The first-order chi connectivity index (χ1) is 5.46. The third-order valence-electron chi connectivity index (χ3n) is 2.35. The van der Waals surface area contributed by atoms with E-state index in [-0.39, 0.29) is 8.41 Å². The Balaban J connectivity index is -0.000000309. The molecule has 0 aliphatic rings. The second kappa shape index (κ2) is 9.89. The van der Waals surface area contributed by atoms with Gasteiger partial charge < -0.3 is 0 Å². The Bertz CT molecular complexity index is 116. The molecule has 0 atom stereocenters. The van der Waals surface area contributed by atoms with E-state index in [1.807, 2.05) is 13.8 Å². The van der Waals surface area contributed by atoms with E-state index in [2.05, 4.69) is 41.5 Å². The molecule has 0 heterocycles. The van der Waals surface area contributed by atoms with Crippen LogP contribution in [0, 0.1) is 11.8 Å². The standard InChI is InChI=1S/C10H20.C2H6.B/c1-7(2)9(5)10(6)8(3)4;1-2;/h7-8H,1-6H3;1-2H3;/b10-9-;;. The topological polar surface area (TPSA) is 0 Å². The van der Waals surface area contributed by atoms with Crippen molar-refractivity contribution in [2.24, 2.45) is 11.8 Å². The molecule has 0 nitrogen and oxygen atoms in total. The summed E-state index contributed by atoms with van der Waals surface area (Å²) in [6, 6.07) is 0. The molecule has 0 saturated carbocycles. The van der Waals surface area contributed by atoms with Gasteiger partial charge in [0.1, 0.15) is 0 Å². The van der Waals surface area contributed by atoms with Gasteiger partial charge in [0.25, 0.3) is 0 Å². The fraction of sp³-hybridized carbons (Fsp3) is 0.833. The minimum atomic E-state index is 0. The lowest BCUT2D eigenvalue weighted by atomic mass is 9.93. The smallest absolute Gasteiger partial charge is 0 e. The molecule has 0 aromatic carbocycles. The summed E-state index contributed by atoms with van der Waals surface area (Å²) in [5.74, 6) is 1.42. The zero-order valence-corrected chi connectivity index (χ0v) is 10.7. The van der Waals surface area contributed by atoms with Crippen LogP contribution in [0.5, 0.6) is 0 Å². The molecule has 0 aliphatic carbocycles. The van der Waals surface area contributed by atoms with E-state index in [0.29, 0.717) is 11.8 Å². The summed E-state index contributed by atoms with van der Waals surface area (Å²) in [4.78, 5) is 0. The maximum atomic E-state index is 2.25. The molecule has 0 bridgehead atoms.